The molecule has 3 nitrogen and oxygen atoms in total. The zero-order chi connectivity index (χ0) is 18.5. The maximum Gasteiger partial charge on any atom is 0.253 e. The van der Waals surface area contributed by atoms with Crippen LogP contribution >= 0.6 is 23.2 Å². The molecule has 1 unspecified atom stereocenters. The van der Waals surface area contributed by atoms with Crippen LogP contribution in [0.2, 0.25) is 10.0 Å². The molecule has 0 saturated carbocycles. The molecule has 132 valence electrons. The Morgan fingerprint density at radius 1 is 0.923 bits per heavy atom. The number of hydrogen-bond acceptors (Lipinski definition) is 2. The summed E-state index contributed by atoms with van der Waals surface area (Å²) < 4.78 is 5.21. The third-order valence-corrected chi connectivity index (χ3v) is 4.60. The highest BCUT2D eigenvalue weighted by molar-refractivity contribution is 6.35. The van der Waals surface area contributed by atoms with Gasteiger partial charge in [0.25, 0.3) is 5.91 Å². The highest BCUT2D eigenvalue weighted by atomic mass is 35.5. The average molecular weight is 386 g/mol. The van der Waals surface area contributed by atoms with Crippen LogP contribution in [0.15, 0.2) is 72.8 Å². The summed E-state index contributed by atoms with van der Waals surface area (Å²) in [6.07, 6.45) is 0. The van der Waals surface area contributed by atoms with E-state index < -0.39 is 0 Å². The Morgan fingerprint density at radius 2 is 1.58 bits per heavy atom. The van der Waals surface area contributed by atoms with Crippen LogP contribution in [-0.2, 0) is 0 Å². The number of carbonyl (C=O) groups excluding carboxylic acids is 1. The number of halogens is 2. The van der Waals surface area contributed by atoms with Gasteiger partial charge in [-0.25, -0.2) is 0 Å². The van der Waals surface area contributed by atoms with Crippen LogP contribution in [0, 0.1) is 0 Å². The minimum atomic E-state index is -0.329. The summed E-state index contributed by atoms with van der Waals surface area (Å²) in [5.74, 6) is 0.465. The van der Waals surface area contributed by atoms with Gasteiger partial charge in [0.1, 0.15) is 5.75 Å². The molecule has 0 heterocycles. The number of ether oxygens (including phenoxy) is 1. The van der Waals surface area contributed by atoms with Gasteiger partial charge in [-0.2, -0.15) is 0 Å². The molecule has 0 bridgehead atoms. The molecule has 0 aliphatic rings. The smallest absolute Gasteiger partial charge is 0.253 e. The predicted molar refractivity (Wildman–Crippen MR) is 105 cm³/mol. The van der Waals surface area contributed by atoms with Crippen LogP contribution in [0.5, 0.6) is 5.75 Å². The second-order valence-electron chi connectivity index (χ2n) is 5.71. The summed E-state index contributed by atoms with van der Waals surface area (Å²) in [4.78, 5) is 12.8. The number of carbonyl (C=O) groups is 1. The number of amides is 1. The van der Waals surface area contributed by atoms with Gasteiger partial charge in [-0.1, -0.05) is 65.7 Å². The van der Waals surface area contributed by atoms with Gasteiger partial charge >= 0.3 is 0 Å². The quantitative estimate of drug-likeness (QED) is 0.627. The Kier molecular flexibility index (Phi) is 5.82. The van der Waals surface area contributed by atoms with E-state index in [1.165, 1.54) is 0 Å². The lowest BCUT2D eigenvalue weighted by atomic mass is 9.98. The summed E-state index contributed by atoms with van der Waals surface area (Å²) in [5.41, 5.74) is 2.24. The highest BCUT2D eigenvalue weighted by Gasteiger charge is 2.19. The zero-order valence-electron chi connectivity index (χ0n) is 14.1. The van der Waals surface area contributed by atoms with Gasteiger partial charge in [0, 0.05) is 5.02 Å². The monoisotopic (exact) mass is 385 g/mol. The van der Waals surface area contributed by atoms with Gasteiger partial charge < -0.3 is 10.1 Å². The van der Waals surface area contributed by atoms with Crippen molar-refractivity contribution in [3.8, 4) is 5.75 Å². The maximum atomic E-state index is 12.8. The van der Waals surface area contributed by atoms with Crippen molar-refractivity contribution in [3.63, 3.8) is 0 Å². The topological polar surface area (TPSA) is 38.3 Å². The number of benzene rings is 3. The minimum absolute atomic E-state index is 0.290. The molecule has 0 radical (unpaired) electrons. The van der Waals surface area contributed by atoms with E-state index in [0.717, 1.165) is 16.9 Å². The zero-order valence-corrected chi connectivity index (χ0v) is 15.6. The minimum Gasteiger partial charge on any atom is -0.497 e. The molecule has 5 heteroatoms. The first-order chi connectivity index (χ1) is 12.6. The van der Waals surface area contributed by atoms with Gasteiger partial charge in [-0.3, -0.25) is 4.79 Å². The molecule has 0 saturated heterocycles. The van der Waals surface area contributed by atoms with Crippen molar-refractivity contribution in [2.75, 3.05) is 7.11 Å². The van der Waals surface area contributed by atoms with Crippen molar-refractivity contribution in [2.24, 2.45) is 0 Å². The van der Waals surface area contributed by atoms with E-state index in [9.17, 15) is 4.79 Å². The van der Waals surface area contributed by atoms with Crippen molar-refractivity contribution in [1.29, 1.82) is 0 Å². The molecule has 3 aromatic carbocycles. The lowest BCUT2D eigenvalue weighted by Crippen LogP contribution is -2.29. The first kappa shape index (κ1) is 18.3. The van der Waals surface area contributed by atoms with Crippen LogP contribution in [0.25, 0.3) is 0 Å². The molecular weight excluding hydrogens is 369 g/mol. The number of nitrogens with one attached hydrogen (secondary N) is 1. The molecule has 26 heavy (non-hydrogen) atoms. The molecule has 3 aromatic rings. The third-order valence-electron chi connectivity index (χ3n) is 4.03. The van der Waals surface area contributed by atoms with Crippen LogP contribution in [0.1, 0.15) is 27.5 Å². The average Bonchev–Trinajstić information content (AvgIpc) is 2.68. The Morgan fingerprint density at radius 3 is 2.23 bits per heavy atom. The number of hydrogen-bond donors (Lipinski definition) is 1. The third kappa shape index (κ3) is 4.18. The van der Waals surface area contributed by atoms with Crippen LogP contribution < -0.4 is 10.1 Å². The molecule has 0 fully saturated rings. The van der Waals surface area contributed by atoms with Crippen molar-refractivity contribution in [1.82, 2.24) is 5.32 Å². The Bertz CT molecular complexity index is 896. The Balaban J connectivity index is 1.95. The van der Waals surface area contributed by atoms with Crippen LogP contribution in [0.3, 0.4) is 0 Å². The van der Waals surface area contributed by atoms with E-state index in [-0.39, 0.29) is 11.9 Å². The van der Waals surface area contributed by atoms with Gasteiger partial charge in [-0.05, 0) is 41.5 Å². The largest absolute Gasteiger partial charge is 0.497 e. The summed E-state index contributed by atoms with van der Waals surface area (Å²) in [7, 11) is 1.62. The van der Waals surface area contributed by atoms with Crippen molar-refractivity contribution in [3.05, 3.63) is 99.5 Å². The summed E-state index contributed by atoms with van der Waals surface area (Å²) in [5, 5.41) is 3.86. The molecular formula is C21H17Cl2NO2. The molecule has 3 rings (SSSR count). The first-order valence-electron chi connectivity index (χ1n) is 8.03. The SMILES string of the molecule is COc1ccc(C(NC(=O)c2cc(Cl)ccc2Cl)c2ccccc2)cc1. The Hall–Kier alpha value is -2.49. The standard InChI is InChI=1S/C21H17Cl2NO2/c1-26-17-10-7-15(8-11-17)20(14-5-3-2-4-6-14)24-21(25)18-13-16(22)9-12-19(18)23/h2-13,20H,1H3,(H,24,25). The number of methoxy groups -OCH3 is 1. The van der Waals surface area contributed by atoms with Gasteiger partial charge in [-0.15, -0.1) is 0 Å². The fourth-order valence-electron chi connectivity index (χ4n) is 2.68. The molecule has 1 N–H and O–H groups in total. The molecule has 0 spiro atoms. The number of rotatable bonds is 5. The highest BCUT2D eigenvalue weighted by Crippen LogP contribution is 2.26. The lowest BCUT2D eigenvalue weighted by Gasteiger charge is -2.20. The van der Waals surface area contributed by atoms with Crippen molar-refractivity contribution < 1.29 is 9.53 Å². The second-order valence-corrected chi connectivity index (χ2v) is 6.56. The predicted octanol–water partition coefficient (Wildman–Crippen LogP) is 5.52. The maximum absolute atomic E-state index is 12.8. The van der Waals surface area contributed by atoms with E-state index in [0.29, 0.717) is 15.6 Å². The first-order valence-corrected chi connectivity index (χ1v) is 8.79. The fraction of sp³-hybridized carbons (Fsp3) is 0.0952. The summed E-state index contributed by atoms with van der Waals surface area (Å²) in [6.45, 7) is 0. The normalized spacial score (nSPS) is 11.7. The van der Waals surface area contributed by atoms with Crippen LogP contribution in [0.4, 0.5) is 0 Å². The van der Waals surface area contributed by atoms with Crippen molar-refractivity contribution in [2.45, 2.75) is 6.04 Å². The molecule has 1 atom stereocenters. The lowest BCUT2D eigenvalue weighted by molar-refractivity contribution is 0.0943. The fourth-order valence-corrected chi connectivity index (χ4v) is 3.06. The van der Waals surface area contributed by atoms with E-state index in [2.05, 4.69) is 5.32 Å². The van der Waals surface area contributed by atoms with Crippen molar-refractivity contribution >= 4 is 29.1 Å². The van der Waals surface area contributed by atoms with E-state index >= 15 is 0 Å². The Labute approximate surface area is 162 Å². The van der Waals surface area contributed by atoms with Crippen LogP contribution in [-0.4, -0.2) is 13.0 Å². The van der Waals surface area contributed by atoms with Gasteiger partial charge in [0.05, 0.1) is 23.7 Å². The summed E-state index contributed by atoms with van der Waals surface area (Å²) in [6, 6.07) is 21.8. The molecule has 0 aliphatic carbocycles. The second kappa shape index (κ2) is 8.26. The molecule has 1 amide bonds. The van der Waals surface area contributed by atoms with E-state index in [4.69, 9.17) is 27.9 Å². The van der Waals surface area contributed by atoms with Gasteiger partial charge in [0.15, 0.2) is 0 Å². The molecule has 0 aromatic heterocycles. The van der Waals surface area contributed by atoms with E-state index in [1.54, 1.807) is 25.3 Å². The van der Waals surface area contributed by atoms with Gasteiger partial charge in [0.2, 0.25) is 0 Å². The molecule has 0 aliphatic heterocycles. The van der Waals surface area contributed by atoms with E-state index in [1.807, 2.05) is 54.6 Å². The summed E-state index contributed by atoms with van der Waals surface area (Å²) >= 11 is 12.2.